The third-order valence-corrected chi connectivity index (χ3v) is 2.92. The summed E-state index contributed by atoms with van der Waals surface area (Å²) in [4.78, 5) is 0. The molecule has 1 aromatic rings. The fourth-order valence-electron chi connectivity index (χ4n) is 1.88. The van der Waals surface area contributed by atoms with Gasteiger partial charge < -0.3 is 5.73 Å². The molecule has 0 unspecified atom stereocenters. The van der Waals surface area contributed by atoms with E-state index in [0.29, 0.717) is 0 Å². The lowest BCUT2D eigenvalue weighted by Crippen LogP contribution is -1.93. The molecule has 0 amide bonds. The first-order chi connectivity index (χ1) is 7.24. The highest BCUT2D eigenvalue weighted by Crippen LogP contribution is 2.16. The SMILES string of the molecule is CCCCCCCc1cc(N)ccc1C. The lowest BCUT2D eigenvalue weighted by atomic mass is 10.0. The van der Waals surface area contributed by atoms with Gasteiger partial charge in [-0.15, -0.1) is 0 Å². The summed E-state index contributed by atoms with van der Waals surface area (Å²) in [6, 6.07) is 6.22. The Hall–Kier alpha value is -0.980. The molecule has 0 aromatic heterocycles. The Bertz CT molecular complexity index is 291. The van der Waals surface area contributed by atoms with Gasteiger partial charge in [-0.1, -0.05) is 38.7 Å². The van der Waals surface area contributed by atoms with E-state index in [1.165, 1.54) is 49.7 Å². The van der Waals surface area contributed by atoms with Crippen molar-refractivity contribution >= 4 is 5.69 Å². The number of anilines is 1. The van der Waals surface area contributed by atoms with Crippen molar-refractivity contribution in [2.45, 2.75) is 52.4 Å². The van der Waals surface area contributed by atoms with E-state index in [2.05, 4.69) is 26.0 Å². The van der Waals surface area contributed by atoms with Gasteiger partial charge >= 0.3 is 0 Å². The number of nitrogen functional groups attached to an aromatic ring is 1. The second kappa shape index (κ2) is 6.49. The number of nitrogens with two attached hydrogens (primary N) is 1. The Morgan fingerprint density at radius 2 is 1.80 bits per heavy atom. The van der Waals surface area contributed by atoms with Crippen molar-refractivity contribution in [3.05, 3.63) is 29.3 Å². The normalized spacial score (nSPS) is 10.5. The highest BCUT2D eigenvalue weighted by molar-refractivity contribution is 5.44. The van der Waals surface area contributed by atoms with Crippen molar-refractivity contribution in [1.29, 1.82) is 0 Å². The van der Waals surface area contributed by atoms with E-state index in [0.717, 1.165) is 5.69 Å². The first-order valence-corrected chi connectivity index (χ1v) is 6.09. The molecule has 0 heterocycles. The average Bonchev–Trinajstić information content (AvgIpc) is 2.23. The maximum atomic E-state index is 5.78. The molecule has 1 nitrogen and oxygen atoms in total. The number of hydrogen-bond donors (Lipinski definition) is 1. The van der Waals surface area contributed by atoms with Crippen LogP contribution in [-0.4, -0.2) is 0 Å². The maximum Gasteiger partial charge on any atom is 0.0316 e. The van der Waals surface area contributed by atoms with Crippen LogP contribution in [0, 0.1) is 6.92 Å². The van der Waals surface area contributed by atoms with Gasteiger partial charge in [-0.05, 0) is 43.0 Å². The lowest BCUT2D eigenvalue weighted by Gasteiger charge is -2.06. The Balaban J connectivity index is 2.33. The van der Waals surface area contributed by atoms with E-state index >= 15 is 0 Å². The van der Waals surface area contributed by atoms with E-state index in [-0.39, 0.29) is 0 Å². The van der Waals surface area contributed by atoms with Crippen LogP contribution in [0.2, 0.25) is 0 Å². The van der Waals surface area contributed by atoms with Gasteiger partial charge in [0.05, 0.1) is 0 Å². The topological polar surface area (TPSA) is 26.0 Å². The first kappa shape index (κ1) is 12.1. The third kappa shape index (κ3) is 4.37. The molecule has 1 rings (SSSR count). The number of benzene rings is 1. The second-order valence-corrected chi connectivity index (χ2v) is 4.35. The molecule has 0 aliphatic heterocycles. The van der Waals surface area contributed by atoms with Crippen molar-refractivity contribution in [2.75, 3.05) is 5.73 Å². The minimum absolute atomic E-state index is 0.893. The van der Waals surface area contributed by atoms with Crippen LogP contribution in [0.1, 0.15) is 50.2 Å². The summed E-state index contributed by atoms with van der Waals surface area (Å²) < 4.78 is 0. The average molecular weight is 205 g/mol. The van der Waals surface area contributed by atoms with Gasteiger partial charge in [-0.25, -0.2) is 0 Å². The molecule has 0 aliphatic carbocycles. The summed E-state index contributed by atoms with van der Waals surface area (Å²) in [6.45, 7) is 4.42. The minimum Gasteiger partial charge on any atom is -0.399 e. The molecule has 0 atom stereocenters. The predicted octanol–water partition coefficient (Wildman–Crippen LogP) is 4.09. The molecule has 2 N–H and O–H groups in total. The fourth-order valence-corrected chi connectivity index (χ4v) is 1.88. The van der Waals surface area contributed by atoms with Crippen LogP contribution in [0.5, 0.6) is 0 Å². The van der Waals surface area contributed by atoms with Crippen molar-refractivity contribution < 1.29 is 0 Å². The largest absolute Gasteiger partial charge is 0.399 e. The highest BCUT2D eigenvalue weighted by Gasteiger charge is 1.98. The van der Waals surface area contributed by atoms with Gasteiger partial charge in [0.15, 0.2) is 0 Å². The van der Waals surface area contributed by atoms with Crippen LogP contribution in [0.25, 0.3) is 0 Å². The van der Waals surface area contributed by atoms with E-state index in [1.54, 1.807) is 0 Å². The monoisotopic (exact) mass is 205 g/mol. The highest BCUT2D eigenvalue weighted by atomic mass is 14.5. The van der Waals surface area contributed by atoms with Crippen molar-refractivity contribution in [1.82, 2.24) is 0 Å². The molecular formula is C14H23N. The summed E-state index contributed by atoms with van der Waals surface area (Å²) >= 11 is 0. The summed E-state index contributed by atoms with van der Waals surface area (Å²) in [7, 11) is 0. The number of rotatable bonds is 6. The smallest absolute Gasteiger partial charge is 0.0316 e. The zero-order chi connectivity index (χ0) is 11.1. The van der Waals surface area contributed by atoms with Gasteiger partial charge in [-0.2, -0.15) is 0 Å². The summed E-state index contributed by atoms with van der Waals surface area (Å²) in [6.07, 6.45) is 7.89. The molecule has 0 saturated carbocycles. The number of hydrogen-bond acceptors (Lipinski definition) is 1. The van der Waals surface area contributed by atoms with Crippen LogP contribution in [0.4, 0.5) is 5.69 Å². The number of aryl methyl sites for hydroxylation is 2. The summed E-state index contributed by atoms with van der Waals surface area (Å²) in [5, 5.41) is 0. The Kier molecular flexibility index (Phi) is 5.23. The van der Waals surface area contributed by atoms with Gasteiger partial charge in [0, 0.05) is 5.69 Å². The molecular weight excluding hydrogens is 182 g/mol. The zero-order valence-corrected chi connectivity index (χ0v) is 10.1. The van der Waals surface area contributed by atoms with Crippen LogP contribution >= 0.6 is 0 Å². The molecule has 0 spiro atoms. The van der Waals surface area contributed by atoms with Gasteiger partial charge in [0.2, 0.25) is 0 Å². The Labute approximate surface area is 93.7 Å². The van der Waals surface area contributed by atoms with Crippen LogP contribution in [0.15, 0.2) is 18.2 Å². The Morgan fingerprint density at radius 1 is 1.07 bits per heavy atom. The molecule has 0 radical (unpaired) electrons. The quantitative estimate of drug-likeness (QED) is 0.549. The molecule has 0 bridgehead atoms. The van der Waals surface area contributed by atoms with Gasteiger partial charge in [-0.3, -0.25) is 0 Å². The van der Waals surface area contributed by atoms with Crippen LogP contribution in [0.3, 0.4) is 0 Å². The van der Waals surface area contributed by atoms with E-state index in [4.69, 9.17) is 5.73 Å². The van der Waals surface area contributed by atoms with E-state index in [1.807, 2.05) is 6.07 Å². The second-order valence-electron chi connectivity index (χ2n) is 4.35. The third-order valence-electron chi connectivity index (χ3n) is 2.92. The van der Waals surface area contributed by atoms with Crippen molar-refractivity contribution in [3.63, 3.8) is 0 Å². The first-order valence-electron chi connectivity index (χ1n) is 6.09. The van der Waals surface area contributed by atoms with Crippen molar-refractivity contribution in [2.24, 2.45) is 0 Å². The molecule has 84 valence electrons. The fraction of sp³-hybridized carbons (Fsp3) is 0.571. The molecule has 0 aliphatic rings. The van der Waals surface area contributed by atoms with Crippen LogP contribution < -0.4 is 5.73 Å². The molecule has 1 aromatic carbocycles. The lowest BCUT2D eigenvalue weighted by molar-refractivity contribution is 0.631. The van der Waals surface area contributed by atoms with E-state index < -0.39 is 0 Å². The molecule has 0 fully saturated rings. The van der Waals surface area contributed by atoms with Gasteiger partial charge in [0.1, 0.15) is 0 Å². The number of unbranched alkanes of at least 4 members (excludes halogenated alkanes) is 4. The standard InChI is InChI=1S/C14H23N/c1-3-4-5-6-7-8-13-11-14(15)10-9-12(13)2/h9-11H,3-8,15H2,1-2H3. The predicted molar refractivity (Wildman–Crippen MR) is 68.1 cm³/mol. The Morgan fingerprint density at radius 3 is 2.53 bits per heavy atom. The van der Waals surface area contributed by atoms with Crippen molar-refractivity contribution in [3.8, 4) is 0 Å². The van der Waals surface area contributed by atoms with E-state index in [9.17, 15) is 0 Å². The zero-order valence-electron chi connectivity index (χ0n) is 10.1. The summed E-state index contributed by atoms with van der Waals surface area (Å²) in [5.41, 5.74) is 9.47. The molecule has 0 saturated heterocycles. The molecule has 15 heavy (non-hydrogen) atoms. The maximum absolute atomic E-state index is 5.78. The summed E-state index contributed by atoms with van der Waals surface area (Å²) in [5.74, 6) is 0. The van der Waals surface area contributed by atoms with Crippen LogP contribution in [-0.2, 0) is 6.42 Å². The van der Waals surface area contributed by atoms with Gasteiger partial charge in [0.25, 0.3) is 0 Å². The minimum atomic E-state index is 0.893. The molecule has 1 heteroatoms.